The normalized spacial score (nSPS) is 13.5. The van der Waals surface area contributed by atoms with E-state index in [0.29, 0.717) is 18.7 Å². The molecule has 1 heterocycles. The lowest BCUT2D eigenvalue weighted by atomic mass is 9.97. The zero-order valence-electron chi connectivity index (χ0n) is 14.2. The number of benzene rings is 2. The first-order valence-electron chi connectivity index (χ1n) is 8.02. The molecule has 0 radical (unpaired) electrons. The van der Waals surface area contributed by atoms with Gasteiger partial charge in [-0.25, -0.2) is 4.79 Å². The van der Waals surface area contributed by atoms with Gasteiger partial charge in [-0.2, -0.15) is 0 Å². The molecule has 0 spiro atoms. The van der Waals surface area contributed by atoms with Crippen molar-refractivity contribution < 1.29 is 14.3 Å². The molecule has 4 nitrogen and oxygen atoms in total. The average molecular weight is 323 g/mol. The molecular formula is C20H21NO3. The van der Waals surface area contributed by atoms with Crippen LogP contribution in [0.1, 0.15) is 42.3 Å². The van der Waals surface area contributed by atoms with Crippen LogP contribution in [-0.2, 0) is 17.8 Å². The summed E-state index contributed by atoms with van der Waals surface area (Å²) in [6.45, 7) is 6.68. The maximum atomic E-state index is 12.2. The molecule has 1 amide bonds. The molecule has 0 bridgehead atoms. The third kappa shape index (κ3) is 3.32. The van der Waals surface area contributed by atoms with Gasteiger partial charge in [0.15, 0.2) is 6.29 Å². The summed E-state index contributed by atoms with van der Waals surface area (Å²) in [6, 6.07) is 13.6. The van der Waals surface area contributed by atoms with E-state index in [1.807, 2.05) is 57.2 Å². The number of fused-ring (bicyclic) bond motifs is 1. The summed E-state index contributed by atoms with van der Waals surface area (Å²) >= 11 is 0. The Labute approximate surface area is 142 Å². The van der Waals surface area contributed by atoms with Crippen LogP contribution >= 0.6 is 0 Å². The number of carbonyl (C=O) groups is 2. The summed E-state index contributed by atoms with van der Waals surface area (Å²) in [5, 5.41) is 0. The largest absolute Gasteiger partial charge is 0.444 e. The minimum absolute atomic E-state index is 0.298. The second-order valence-corrected chi connectivity index (χ2v) is 7.02. The molecule has 0 saturated heterocycles. The fourth-order valence-corrected chi connectivity index (χ4v) is 2.88. The molecule has 24 heavy (non-hydrogen) atoms. The first kappa shape index (κ1) is 16.2. The van der Waals surface area contributed by atoms with Gasteiger partial charge in [-0.1, -0.05) is 36.4 Å². The van der Waals surface area contributed by atoms with E-state index in [1.54, 1.807) is 4.90 Å². The summed E-state index contributed by atoms with van der Waals surface area (Å²) in [5.74, 6) is 0. The summed E-state index contributed by atoms with van der Waals surface area (Å²) in [6.07, 6.45) is 0.573. The van der Waals surface area contributed by atoms with Crippen molar-refractivity contribution in [2.45, 2.75) is 39.5 Å². The number of hydrogen-bond donors (Lipinski definition) is 0. The van der Waals surface area contributed by atoms with Crippen LogP contribution < -0.4 is 0 Å². The standard InChI is InChI=1S/C20H21NO3/c1-20(2,3)24-19(23)21-11-15-9-8-14(10-17(15)12-21)18-7-5-4-6-16(18)13-22/h4-10,13H,11-12H2,1-3H3. The average Bonchev–Trinajstić information content (AvgIpc) is 2.96. The van der Waals surface area contributed by atoms with Gasteiger partial charge in [0.25, 0.3) is 0 Å². The Kier molecular flexibility index (Phi) is 4.14. The molecule has 124 valence electrons. The number of carbonyl (C=O) groups excluding carboxylic acids is 2. The summed E-state index contributed by atoms with van der Waals surface area (Å²) in [5.41, 5.74) is 4.28. The zero-order valence-corrected chi connectivity index (χ0v) is 14.2. The number of amides is 1. The Morgan fingerprint density at radius 3 is 2.50 bits per heavy atom. The van der Waals surface area contributed by atoms with Gasteiger partial charge >= 0.3 is 6.09 Å². The Hall–Kier alpha value is -2.62. The third-order valence-corrected chi connectivity index (χ3v) is 3.98. The predicted molar refractivity (Wildman–Crippen MR) is 92.7 cm³/mol. The van der Waals surface area contributed by atoms with Crippen molar-refractivity contribution in [2.75, 3.05) is 0 Å². The van der Waals surface area contributed by atoms with E-state index in [1.165, 1.54) is 0 Å². The molecule has 0 aliphatic carbocycles. The summed E-state index contributed by atoms with van der Waals surface area (Å²) < 4.78 is 5.44. The molecule has 0 atom stereocenters. The van der Waals surface area contributed by atoms with Crippen molar-refractivity contribution in [3.8, 4) is 11.1 Å². The van der Waals surface area contributed by atoms with Crippen molar-refractivity contribution in [3.63, 3.8) is 0 Å². The fraction of sp³-hybridized carbons (Fsp3) is 0.300. The van der Waals surface area contributed by atoms with Crippen molar-refractivity contribution in [1.29, 1.82) is 0 Å². The highest BCUT2D eigenvalue weighted by molar-refractivity contribution is 5.87. The van der Waals surface area contributed by atoms with E-state index in [9.17, 15) is 9.59 Å². The van der Waals surface area contributed by atoms with Crippen LogP contribution in [-0.4, -0.2) is 22.9 Å². The van der Waals surface area contributed by atoms with Crippen molar-refractivity contribution in [2.24, 2.45) is 0 Å². The van der Waals surface area contributed by atoms with Gasteiger partial charge in [-0.05, 0) is 49.1 Å². The Morgan fingerprint density at radius 1 is 1.08 bits per heavy atom. The molecule has 4 heteroatoms. The number of aldehydes is 1. The van der Waals surface area contributed by atoms with Crippen molar-refractivity contribution in [3.05, 3.63) is 59.2 Å². The molecule has 2 aromatic carbocycles. The van der Waals surface area contributed by atoms with Gasteiger partial charge < -0.3 is 4.74 Å². The monoisotopic (exact) mass is 323 g/mol. The minimum atomic E-state index is -0.500. The van der Waals surface area contributed by atoms with Crippen molar-refractivity contribution in [1.82, 2.24) is 4.90 Å². The number of rotatable bonds is 2. The predicted octanol–water partition coefficient (Wildman–Crippen LogP) is 4.42. The van der Waals surface area contributed by atoms with E-state index in [0.717, 1.165) is 28.5 Å². The maximum absolute atomic E-state index is 12.2. The lowest BCUT2D eigenvalue weighted by molar-refractivity contribution is 0.0242. The van der Waals surface area contributed by atoms with Gasteiger partial charge in [0.05, 0.1) is 0 Å². The van der Waals surface area contributed by atoms with E-state index in [4.69, 9.17) is 4.74 Å². The molecule has 1 aliphatic heterocycles. The molecule has 0 saturated carbocycles. The summed E-state index contributed by atoms with van der Waals surface area (Å²) in [4.78, 5) is 25.2. The van der Waals surface area contributed by atoms with Crippen LogP contribution in [0.3, 0.4) is 0 Å². The molecule has 0 N–H and O–H groups in total. The molecule has 0 unspecified atom stereocenters. The number of hydrogen-bond acceptors (Lipinski definition) is 3. The summed E-state index contributed by atoms with van der Waals surface area (Å²) in [7, 11) is 0. The topological polar surface area (TPSA) is 46.6 Å². The lowest BCUT2D eigenvalue weighted by Crippen LogP contribution is -2.33. The van der Waals surface area contributed by atoms with Crippen LogP contribution in [0.15, 0.2) is 42.5 Å². The van der Waals surface area contributed by atoms with Gasteiger partial charge in [-0.15, -0.1) is 0 Å². The van der Waals surface area contributed by atoms with Gasteiger partial charge in [0.2, 0.25) is 0 Å². The van der Waals surface area contributed by atoms with Crippen LogP contribution in [0.2, 0.25) is 0 Å². The Bertz CT molecular complexity index is 790. The van der Waals surface area contributed by atoms with Gasteiger partial charge in [0, 0.05) is 18.7 Å². The molecular weight excluding hydrogens is 302 g/mol. The second kappa shape index (κ2) is 6.11. The first-order valence-corrected chi connectivity index (χ1v) is 8.02. The highest BCUT2D eigenvalue weighted by Crippen LogP contribution is 2.30. The first-order chi connectivity index (χ1) is 11.4. The van der Waals surface area contributed by atoms with Crippen LogP contribution in [0.25, 0.3) is 11.1 Å². The molecule has 0 fully saturated rings. The second-order valence-electron chi connectivity index (χ2n) is 7.02. The van der Waals surface area contributed by atoms with Crippen LogP contribution in [0, 0.1) is 0 Å². The molecule has 2 aromatic rings. The van der Waals surface area contributed by atoms with E-state index < -0.39 is 5.60 Å². The maximum Gasteiger partial charge on any atom is 0.410 e. The SMILES string of the molecule is CC(C)(C)OC(=O)N1Cc2ccc(-c3ccccc3C=O)cc2C1. The van der Waals surface area contributed by atoms with Gasteiger partial charge in [-0.3, -0.25) is 9.69 Å². The van der Waals surface area contributed by atoms with Crippen LogP contribution in [0.4, 0.5) is 4.79 Å². The third-order valence-electron chi connectivity index (χ3n) is 3.98. The zero-order chi connectivity index (χ0) is 17.3. The number of ether oxygens (including phenoxy) is 1. The minimum Gasteiger partial charge on any atom is -0.444 e. The molecule has 3 rings (SSSR count). The fourth-order valence-electron chi connectivity index (χ4n) is 2.88. The Morgan fingerprint density at radius 2 is 1.79 bits per heavy atom. The van der Waals surface area contributed by atoms with Crippen molar-refractivity contribution >= 4 is 12.4 Å². The number of nitrogens with zero attached hydrogens (tertiary/aromatic N) is 1. The van der Waals surface area contributed by atoms with E-state index in [-0.39, 0.29) is 6.09 Å². The smallest absolute Gasteiger partial charge is 0.410 e. The highest BCUT2D eigenvalue weighted by atomic mass is 16.6. The molecule has 1 aliphatic rings. The Balaban J connectivity index is 1.84. The van der Waals surface area contributed by atoms with Gasteiger partial charge in [0.1, 0.15) is 5.60 Å². The van der Waals surface area contributed by atoms with Crippen LogP contribution in [0.5, 0.6) is 0 Å². The van der Waals surface area contributed by atoms with E-state index >= 15 is 0 Å². The quantitative estimate of drug-likeness (QED) is 0.769. The molecule has 0 aromatic heterocycles. The lowest BCUT2D eigenvalue weighted by Gasteiger charge is -2.24. The van der Waals surface area contributed by atoms with E-state index in [2.05, 4.69) is 6.07 Å². The highest BCUT2D eigenvalue weighted by Gasteiger charge is 2.27.